The Labute approximate surface area is 108 Å². The summed E-state index contributed by atoms with van der Waals surface area (Å²) in [6.45, 7) is 2.04. The van der Waals surface area contributed by atoms with E-state index >= 15 is 0 Å². The molecule has 1 rings (SSSR count). The van der Waals surface area contributed by atoms with E-state index in [0.29, 0.717) is 0 Å². The van der Waals surface area contributed by atoms with Crippen LogP contribution in [0, 0.1) is 6.92 Å². The van der Waals surface area contributed by atoms with Crippen LogP contribution in [-0.2, 0) is 5.41 Å². The van der Waals surface area contributed by atoms with E-state index in [0.717, 1.165) is 24.2 Å². The van der Waals surface area contributed by atoms with Crippen LogP contribution in [0.25, 0.3) is 0 Å². The molecule has 0 aliphatic heterocycles. The molecule has 0 fully saturated rings. The van der Waals surface area contributed by atoms with Crippen molar-refractivity contribution >= 4 is 11.8 Å². The van der Waals surface area contributed by atoms with Crippen LogP contribution in [-0.4, -0.2) is 35.4 Å². The van der Waals surface area contributed by atoms with E-state index in [1.165, 1.54) is 5.56 Å². The summed E-state index contributed by atoms with van der Waals surface area (Å²) in [5.74, 6) is 1.06. The molecular formula is C14H22O2S. The summed E-state index contributed by atoms with van der Waals surface area (Å²) in [5, 5.41) is 19.3. The molecule has 17 heavy (non-hydrogen) atoms. The number of thioether (sulfide) groups is 1. The third-order valence-corrected chi connectivity index (χ3v) is 3.94. The molecule has 1 aromatic rings. The largest absolute Gasteiger partial charge is 0.395 e. The number of hydrogen-bond donors (Lipinski definition) is 2. The van der Waals surface area contributed by atoms with Gasteiger partial charge in [0.15, 0.2) is 0 Å². The minimum atomic E-state index is -0.484. The molecule has 0 radical (unpaired) electrons. The van der Waals surface area contributed by atoms with E-state index < -0.39 is 5.41 Å². The van der Waals surface area contributed by atoms with Crippen LogP contribution in [0.1, 0.15) is 24.0 Å². The lowest BCUT2D eigenvalue weighted by Crippen LogP contribution is -2.35. The summed E-state index contributed by atoms with van der Waals surface area (Å²) in [5.41, 5.74) is 1.73. The second kappa shape index (κ2) is 7.04. The molecule has 0 aliphatic rings. The first kappa shape index (κ1) is 14.6. The SMILES string of the molecule is CSCCCC(CO)(CO)c1cccc(C)c1. The zero-order chi connectivity index (χ0) is 12.7. The van der Waals surface area contributed by atoms with Crippen molar-refractivity contribution in [1.82, 2.24) is 0 Å². The quantitative estimate of drug-likeness (QED) is 0.734. The topological polar surface area (TPSA) is 40.5 Å². The van der Waals surface area contributed by atoms with E-state index in [9.17, 15) is 10.2 Å². The second-order valence-corrected chi connectivity index (χ2v) is 5.55. The van der Waals surface area contributed by atoms with Crippen molar-refractivity contribution in [1.29, 1.82) is 0 Å². The molecule has 0 unspecified atom stereocenters. The Hall–Kier alpha value is -0.510. The van der Waals surface area contributed by atoms with Gasteiger partial charge in [-0.05, 0) is 37.3 Å². The van der Waals surface area contributed by atoms with Gasteiger partial charge in [-0.3, -0.25) is 0 Å². The fourth-order valence-corrected chi connectivity index (χ4v) is 2.50. The molecule has 0 bridgehead atoms. The van der Waals surface area contributed by atoms with E-state index in [2.05, 4.69) is 12.3 Å². The van der Waals surface area contributed by atoms with Crippen LogP contribution < -0.4 is 0 Å². The molecule has 2 N–H and O–H groups in total. The van der Waals surface area contributed by atoms with Crippen molar-refractivity contribution in [3.8, 4) is 0 Å². The van der Waals surface area contributed by atoms with Gasteiger partial charge in [-0.1, -0.05) is 29.8 Å². The fraction of sp³-hybridized carbons (Fsp3) is 0.571. The number of benzene rings is 1. The summed E-state index contributed by atoms with van der Waals surface area (Å²) in [6.07, 6.45) is 3.91. The van der Waals surface area contributed by atoms with E-state index in [-0.39, 0.29) is 13.2 Å². The normalized spacial score (nSPS) is 11.8. The summed E-state index contributed by atoms with van der Waals surface area (Å²) in [4.78, 5) is 0. The summed E-state index contributed by atoms with van der Waals surface area (Å²) in [6, 6.07) is 8.08. The van der Waals surface area contributed by atoms with Gasteiger partial charge in [-0.25, -0.2) is 0 Å². The van der Waals surface area contributed by atoms with E-state index in [1.54, 1.807) is 11.8 Å². The maximum absolute atomic E-state index is 9.65. The smallest absolute Gasteiger partial charge is 0.0550 e. The lowest BCUT2D eigenvalue weighted by atomic mass is 9.78. The predicted octanol–water partition coefficient (Wildman–Crippen LogP) is 2.36. The first-order valence-electron chi connectivity index (χ1n) is 5.96. The molecule has 0 amide bonds. The molecule has 0 aromatic heterocycles. The third-order valence-electron chi connectivity index (χ3n) is 3.24. The van der Waals surface area contributed by atoms with Crippen LogP contribution in [0.4, 0.5) is 0 Å². The molecule has 1 aromatic carbocycles. The number of aliphatic hydroxyl groups excluding tert-OH is 2. The van der Waals surface area contributed by atoms with E-state index in [4.69, 9.17) is 0 Å². The van der Waals surface area contributed by atoms with Crippen LogP contribution in [0.3, 0.4) is 0 Å². The molecule has 2 nitrogen and oxygen atoms in total. The highest BCUT2D eigenvalue weighted by Crippen LogP contribution is 2.29. The number of rotatable bonds is 7. The molecule has 0 spiro atoms. The highest BCUT2D eigenvalue weighted by molar-refractivity contribution is 7.98. The first-order chi connectivity index (χ1) is 8.18. The molecule has 0 heterocycles. The lowest BCUT2D eigenvalue weighted by molar-refractivity contribution is 0.109. The van der Waals surface area contributed by atoms with Crippen molar-refractivity contribution < 1.29 is 10.2 Å². The maximum Gasteiger partial charge on any atom is 0.0550 e. The van der Waals surface area contributed by atoms with Crippen molar-refractivity contribution in [2.75, 3.05) is 25.2 Å². The molecule has 96 valence electrons. The van der Waals surface area contributed by atoms with Gasteiger partial charge in [-0.15, -0.1) is 0 Å². The molecular weight excluding hydrogens is 232 g/mol. The highest BCUT2D eigenvalue weighted by atomic mass is 32.2. The molecule has 3 heteroatoms. The van der Waals surface area contributed by atoms with Crippen molar-refractivity contribution in [3.05, 3.63) is 35.4 Å². The Morgan fingerprint density at radius 1 is 1.24 bits per heavy atom. The van der Waals surface area contributed by atoms with Crippen LogP contribution in [0.2, 0.25) is 0 Å². The average Bonchev–Trinajstić information content (AvgIpc) is 2.35. The molecule has 0 saturated heterocycles. The van der Waals surface area contributed by atoms with Crippen molar-refractivity contribution in [2.45, 2.75) is 25.2 Å². The zero-order valence-electron chi connectivity index (χ0n) is 10.6. The van der Waals surface area contributed by atoms with Gasteiger partial charge in [0.2, 0.25) is 0 Å². The zero-order valence-corrected chi connectivity index (χ0v) is 11.5. The van der Waals surface area contributed by atoms with Gasteiger partial charge in [0, 0.05) is 5.41 Å². The molecule has 0 atom stereocenters. The molecule has 0 saturated carbocycles. The minimum Gasteiger partial charge on any atom is -0.395 e. The summed E-state index contributed by atoms with van der Waals surface area (Å²) >= 11 is 1.80. The first-order valence-corrected chi connectivity index (χ1v) is 7.36. The van der Waals surface area contributed by atoms with Gasteiger partial charge in [0.05, 0.1) is 13.2 Å². The Balaban J connectivity index is 2.89. The Kier molecular flexibility index (Phi) is 6.03. The van der Waals surface area contributed by atoms with Crippen molar-refractivity contribution in [3.63, 3.8) is 0 Å². The van der Waals surface area contributed by atoms with Gasteiger partial charge in [0.1, 0.15) is 0 Å². The predicted molar refractivity (Wildman–Crippen MR) is 74.6 cm³/mol. The fourth-order valence-electron chi connectivity index (χ4n) is 2.06. The maximum atomic E-state index is 9.65. The van der Waals surface area contributed by atoms with E-state index in [1.807, 2.05) is 25.1 Å². The number of aryl methyl sites for hydroxylation is 1. The monoisotopic (exact) mass is 254 g/mol. The summed E-state index contributed by atoms with van der Waals surface area (Å²) < 4.78 is 0. The van der Waals surface area contributed by atoms with Gasteiger partial charge >= 0.3 is 0 Å². The summed E-state index contributed by atoms with van der Waals surface area (Å²) in [7, 11) is 0. The average molecular weight is 254 g/mol. The van der Waals surface area contributed by atoms with Crippen LogP contribution >= 0.6 is 11.8 Å². The van der Waals surface area contributed by atoms with Crippen molar-refractivity contribution in [2.24, 2.45) is 0 Å². The lowest BCUT2D eigenvalue weighted by Gasteiger charge is -2.30. The van der Waals surface area contributed by atoms with Gasteiger partial charge in [-0.2, -0.15) is 11.8 Å². The Bertz CT molecular complexity index is 335. The van der Waals surface area contributed by atoms with Gasteiger partial charge < -0.3 is 10.2 Å². The standard InChI is InChI=1S/C14H22O2S/c1-12-5-3-6-13(9-12)14(10-15,11-16)7-4-8-17-2/h3,5-6,9,15-16H,4,7-8,10-11H2,1-2H3. The van der Waals surface area contributed by atoms with Gasteiger partial charge in [0.25, 0.3) is 0 Å². The second-order valence-electron chi connectivity index (χ2n) is 4.56. The third kappa shape index (κ3) is 3.73. The minimum absolute atomic E-state index is 0.00132. The van der Waals surface area contributed by atoms with Crippen LogP contribution in [0.15, 0.2) is 24.3 Å². The van der Waals surface area contributed by atoms with Crippen LogP contribution in [0.5, 0.6) is 0 Å². The Morgan fingerprint density at radius 3 is 2.47 bits per heavy atom. The highest BCUT2D eigenvalue weighted by Gasteiger charge is 2.30. The Morgan fingerprint density at radius 2 is 1.94 bits per heavy atom. The number of hydrogen-bond acceptors (Lipinski definition) is 3. The molecule has 0 aliphatic carbocycles. The number of aliphatic hydroxyl groups is 2.